The number of hydrogen-bond donors (Lipinski definition) is 0. The average Bonchev–Trinajstić information content (AvgIpc) is 3.14. The third-order valence-electron chi connectivity index (χ3n) is 5.10. The summed E-state index contributed by atoms with van der Waals surface area (Å²) in [4.78, 5) is 0. The first-order chi connectivity index (χ1) is 13.6. The standard InChI is InChI=1S/C22H15Cl3N2O/c23-14-7-5-13(6-8-14)19-12-20-17-11-15(24)9-10-21(17)28-22(27(20)26-19)16-3-1-2-4-18(16)25/h1-11,20,22H,12H2/t20-,22-/m1/s1. The molecule has 2 heterocycles. The summed E-state index contributed by atoms with van der Waals surface area (Å²) >= 11 is 18.8. The van der Waals surface area contributed by atoms with Crippen LogP contribution >= 0.6 is 34.8 Å². The van der Waals surface area contributed by atoms with Crippen LogP contribution in [-0.2, 0) is 0 Å². The molecule has 5 rings (SSSR count). The Bertz CT molecular complexity index is 1080. The largest absolute Gasteiger partial charge is 0.464 e. The SMILES string of the molecule is Clc1ccc(C2=NN3[C@H](C2)c2cc(Cl)ccc2O[C@@H]3c2ccccc2Cl)cc1. The zero-order chi connectivity index (χ0) is 19.3. The molecule has 2 aliphatic heterocycles. The van der Waals surface area contributed by atoms with Gasteiger partial charge in [0.2, 0.25) is 6.23 Å². The van der Waals surface area contributed by atoms with Gasteiger partial charge in [0.25, 0.3) is 0 Å². The van der Waals surface area contributed by atoms with Crippen molar-refractivity contribution < 1.29 is 4.74 Å². The van der Waals surface area contributed by atoms with Crippen LogP contribution in [0.15, 0.2) is 71.8 Å². The lowest BCUT2D eigenvalue weighted by Gasteiger charge is -2.38. The number of benzene rings is 3. The highest BCUT2D eigenvalue weighted by Gasteiger charge is 2.41. The van der Waals surface area contributed by atoms with Crippen LogP contribution in [0.3, 0.4) is 0 Å². The van der Waals surface area contributed by atoms with Crippen molar-refractivity contribution in [2.45, 2.75) is 18.7 Å². The Kier molecular flexibility index (Phi) is 4.47. The van der Waals surface area contributed by atoms with Gasteiger partial charge in [-0.3, -0.25) is 0 Å². The molecule has 3 nitrogen and oxygen atoms in total. The van der Waals surface area contributed by atoms with E-state index in [1.165, 1.54) is 0 Å². The number of hydrogen-bond acceptors (Lipinski definition) is 3. The van der Waals surface area contributed by atoms with Crippen molar-refractivity contribution in [1.82, 2.24) is 5.01 Å². The molecule has 0 amide bonds. The minimum absolute atomic E-state index is 0.0226. The van der Waals surface area contributed by atoms with Crippen molar-refractivity contribution in [1.29, 1.82) is 0 Å². The van der Waals surface area contributed by atoms with E-state index in [-0.39, 0.29) is 6.04 Å². The van der Waals surface area contributed by atoms with Crippen molar-refractivity contribution >= 4 is 40.5 Å². The minimum Gasteiger partial charge on any atom is -0.464 e. The van der Waals surface area contributed by atoms with Gasteiger partial charge in [-0.1, -0.05) is 65.1 Å². The Morgan fingerprint density at radius 2 is 1.61 bits per heavy atom. The van der Waals surface area contributed by atoms with Crippen molar-refractivity contribution in [3.05, 3.63) is 98.5 Å². The summed E-state index contributed by atoms with van der Waals surface area (Å²) in [6.45, 7) is 0. The minimum atomic E-state index is -0.405. The quantitative estimate of drug-likeness (QED) is 0.443. The van der Waals surface area contributed by atoms with Crippen LogP contribution in [0.5, 0.6) is 5.75 Å². The molecule has 0 bridgehead atoms. The van der Waals surface area contributed by atoms with Crippen LogP contribution in [0.25, 0.3) is 0 Å². The maximum Gasteiger partial charge on any atom is 0.215 e. The molecule has 0 fully saturated rings. The summed E-state index contributed by atoms with van der Waals surface area (Å²) in [5.74, 6) is 0.808. The van der Waals surface area contributed by atoms with E-state index >= 15 is 0 Å². The molecule has 0 radical (unpaired) electrons. The van der Waals surface area contributed by atoms with E-state index in [2.05, 4.69) is 0 Å². The van der Waals surface area contributed by atoms with Crippen LogP contribution < -0.4 is 4.74 Å². The van der Waals surface area contributed by atoms with Gasteiger partial charge in [-0.2, -0.15) is 5.10 Å². The highest BCUT2D eigenvalue weighted by Crippen LogP contribution is 2.49. The van der Waals surface area contributed by atoms with Gasteiger partial charge in [0.05, 0.1) is 11.8 Å². The smallest absolute Gasteiger partial charge is 0.215 e. The highest BCUT2D eigenvalue weighted by molar-refractivity contribution is 6.31. The topological polar surface area (TPSA) is 24.8 Å². The molecule has 2 atom stereocenters. The van der Waals surface area contributed by atoms with E-state index in [0.717, 1.165) is 34.6 Å². The molecule has 0 spiro atoms. The predicted octanol–water partition coefficient (Wildman–Crippen LogP) is 6.89. The maximum atomic E-state index is 6.48. The molecule has 28 heavy (non-hydrogen) atoms. The molecule has 0 aromatic heterocycles. The first kappa shape index (κ1) is 17.9. The Hall–Kier alpha value is -2.20. The van der Waals surface area contributed by atoms with E-state index in [0.29, 0.717) is 15.1 Å². The fraction of sp³-hybridized carbons (Fsp3) is 0.136. The third kappa shape index (κ3) is 3.04. The number of nitrogens with zero attached hydrogens (tertiary/aromatic N) is 2. The zero-order valence-corrected chi connectivity index (χ0v) is 16.9. The van der Waals surface area contributed by atoms with Gasteiger partial charge in [-0.15, -0.1) is 0 Å². The van der Waals surface area contributed by atoms with E-state index in [4.69, 9.17) is 44.6 Å². The Morgan fingerprint density at radius 3 is 2.39 bits per heavy atom. The number of ether oxygens (including phenoxy) is 1. The maximum absolute atomic E-state index is 6.48. The predicted molar refractivity (Wildman–Crippen MR) is 113 cm³/mol. The third-order valence-corrected chi connectivity index (χ3v) is 5.93. The average molecular weight is 430 g/mol. The normalized spacial score (nSPS) is 20.2. The molecule has 0 aliphatic carbocycles. The van der Waals surface area contributed by atoms with Gasteiger partial charge in [0.1, 0.15) is 5.75 Å². The Labute approximate surface area is 178 Å². The molecular weight excluding hydrogens is 415 g/mol. The molecule has 0 saturated heterocycles. The van der Waals surface area contributed by atoms with Gasteiger partial charge in [0.15, 0.2) is 0 Å². The molecule has 0 saturated carbocycles. The molecule has 0 unspecified atom stereocenters. The molecule has 140 valence electrons. The number of rotatable bonds is 2. The van der Waals surface area contributed by atoms with Gasteiger partial charge in [0, 0.05) is 32.6 Å². The molecule has 0 N–H and O–H groups in total. The summed E-state index contributed by atoms with van der Waals surface area (Å²) in [6, 6.07) is 21.2. The first-order valence-electron chi connectivity index (χ1n) is 8.92. The Morgan fingerprint density at radius 1 is 0.857 bits per heavy atom. The number of hydrazone groups is 1. The number of fused-ring (bicyclic) bond motifs is 3. The second-order valence-corrected chi connectivity index (χ2v) is 8.11. The van der Waals surface area contributed by atoms with Crippen LogP contribution in [0.4, 0.5) is 0 Å². The van der Waals surface area contributed by atoms with Gasteiger partial charge in [-0.05, 0) is 42.0 Å². The van der Waals surface area contributed by atoms with E-state index in [1.807, 2.05) is 71.7 Å². The summed E-state index contributed by atoms with van der Waals surface area (Å²) in [5.41, 5.74) is 3.94. The van der Waals surface area contributed by atoms with Crippen LogP contribution in [0.1, 0.15) is 35.4 Å². The fourth-order valence-corrected chi connectivity index (χ4v) is 4.29. The molecule has 3 aromatic rings. The lowest BCUT2D eigenvalue weighted by Crippen LogP contribution is -2.33. The van der Waals surface area contributed by atoms with Crippen molar-refractivity contribution in [3.8, 4) is 5.75 Å². The molecule has 6 heteroatoms. The monoisotopic (exact) mass is 428 g/mol. The molecular formula is C22H15Cl3N2O. The number of halogens is 3. The first-order valence-corrected chi connectivity index (χ1v) is 10.1. The van der Waals surface area contributed by atoms with Crippen LogP contribution in [-0.4, -0.2) is 10.7 Å². The van der Waals surface area contributed by atoms with Crippen molar-refractivity contribution in [2.24, 2.45) is 5.10 Å². The van der Waals surface area contributed by atoms with E-state index in [1.54, 1.807) is 0 Å². The van der Waals surface area contributed by atoms with Gasteiger partial charge < -0.3 is 4.74 Å². The molecule has 2 aliphatic rings. The van der Waals surface area contributed by atoms with E-state index < -0.39 is 6.23 Å². The van der Waals surface area contributed by atoms with Crippen molar-refractivity contribution in [2.75, 3.05) is 0 Å². The highest BCUT2D eigenvalue weighted by atomic mass is 35.5. The second-order valence-electron chi connectivity index (χ2n) is 6.83. The summed E-state index contributed by atoms with van der Waals surface area (Å²) in [7, 11) is 0. The summed E-state index contributed by atoms with van der Waals surface area (Å²) < 4.78 is 6.33. The lowest BCUT2D eigenvalue weighted by atomic mass is 9.96. The van der Waals surface area contributed by atoms with Gasteiger partial charge in [-0.25, -0.2) is 5.01 Å². The van der Waals surface area contributed by atoms with Crippen molar-refractivity contribution in [3.63, 3.8) is 0 Å². The van der Waals surface area contributed by atoms with E-state index in [9.17, 15) is 0 Å². The molecule has 3 aromatic carbocycles. The fourth-order valence-electron chi connectivity index (χ4n) is 3.76. The van der Waals surface area contributed by atoms with Crippen LogP contribution in [0, 0.1) is 0 Å². The second kappa shape index (κ2) is 7.00. The zero-order valence-electron chi connectivity index (χ0n) is 14.6. The van der Waals surface area contributed by atoms with Gasteiger partial charge >= 0.3 is 0 Å². The van der Waals surface area contributed by atoms with Crippen LogP contribution in [0.2, 0.25) is 15.1 Å². The lowest BCUT2D eigenvalue weighted by molar-refractivity contribution is -0.0189. The summed E-state index contributed by atoms with van der Waals surface area (Å²) in [6.07, 6.45) is 0.344. The summed E-state index contributed by atoms with van der Waals surface area (Å²) in [5, 5.41) is 8.94. The Balaban J connectivity index is 1.62.